The summed E-state index contributed by atoms with van der Waals surface area (Å²) in [4.78, 5) is 0. The molecule has 1 aromatic heterocycles. The molecule has 0 spiro atoms. The van der Waals surface area contributed by atoms with E-state index in [2.05, 4.69) is 6.07 Å². The SMILES string of the molecule is [Cl][Zn+].[c-]1coc2ccccc12. The van der Waals surface area contributed by atoms with Crippen molar-refractivity contribution < 1.29 is 21.7 Å². The van der Waals surface area contributed by atoms with Crippen LogP contribution in [0.15, 0.2) is 34.9 Å². The number of para-hydroxylation sites is 1. The molecule has 0 N–H and O–H groups in total. The monoisotopic (exact) mass is 216 g/mol. The summed E-state index contributed by atoms with van der Waals surface area (Å²) in [6.45, 7) is 0. The van der Waals surface area contributed by atoms with Gasteiger partial charge in [-0.3, -0.25) is 0 Å². The molecule has 1 heterocycles. The third-order valence-electron chi connectivity index (χ3n) is 1.29. The van der Waals surface area contributed by atoms with Crippen LogP contribution in [-0.4, -0.2) is 0 Å². The van der Waals surface area contributed by atoms with Crippen molar-refractivity contribution in [3.05, 3.63) is 36.6 Å². The Morgan fingerprint density at radius 2 is 2.00 bits per heavy atom. The van der Waals surface area contributed by atoms with Crippen molar-refractivity contribution >= 4 is 20.7 Å². The molecule has 0 radical (unpaired) electrons. The minimum atomic E-state index is 0.847. The molecule has 0 aliphatic carbocycles. The quantitative estimate of drug-likeness (QED) is 0.489. The van der Waals surface area contributed by atoms with Gasteiger partial charge in [0.2, 0.25) is 0 Å². The summed E-state index contributed by atoms with van der Waals surface area (Å²) in [5.74, 6) is 0. The van der Waals surface area contributed by atoms with Crippen LogP contribution in [0.4, 0.5) is 0 Å². The van der Waals surface area contributed by atoms with Crippen molar-refractivity contribution in [1.29, 1.82) is 0 Å². The van der Waals surface area contributed by atoms with Crippen LogP contribution >= 0.6 is 9.69 Å². The fourth-order valence-electron chi connectivity index (χ4n) is 0.845. The largest absolute Gasteiger partial charge is 0.536 e. The van der Waals surface area contributed by atoms with Gasteiger partial charge in [0.05, 0.1) is 0 Å². The van der Waals surface area contributed by atoms with E-state index in [-0.39, 0.29) is 0 Å². The van der Waals surface area contributed by atoms with Gasteiger partial charge in [-0.25, -0.2) is 0 Å². The van der Waals surface area contributed by atoms with E-state index in [1.54, 1.807) is 6.26 Å². The Hall–Kier alpha value is -0.327. The number of fused-ring (bicyclic) bond motifs is 1. The average molecular weight is 218 g/mol. The van der Waals surface area contributed by atoms with E-state index in [0.717, 1.165) is 28.3 Å². The van der Waals surface area contributed by atoms with Gasteiger partial charge in [-0.2, -0.15) is 6.07 Å². The Morgan fingerprint density at radius 3 is 2.73 bits per heavy atom. The molecule has 1 nitrogen and oxygen atoms in total. The summed E-state index contributed by atoms with van der Waals surface area (Å²) in [6, 6.07) is 10.8. The molecule has 0 saturated carbocycles. The molecule has 11 heavy (non-hydrogen) atoms. The number of halogens is 1. The normalized spacial score (nSPS) is 9.00. The van der Waals surface area contributed by atoms with Crippen molar-refractivity contribution in [1.82, 2.24) is 0 Å². The molecule has 0 amide bonds. The molecule has 0 aliphatic rings. The molecule has 1 aromatic carbocycles. The smallest absolute Gasteiger partial charge is 0.0199 e. The van der Waals surface area contributed by atoms with Crippen LogP contribution in [0.2, 0.25) is 0 Å². The third-order valence-corrected chi connectivity index (χ3v) is 1.29. The Morgan fingerprint density at radius 1 is 1.27 bits per heavy atom. The maximum absolute atomic E-state index is 5.06. The van der Waals surface area contributed by atoms with Gasteiger partial charge in [-0.1, -0.05) is 12.1 Å². The van der Waals surface area contributed by atoms with Crippen molar-refractivity contribution in [3.63, 3.8) is 0 Å². The van der Waals surface area contributed by atoms with Crippen molar-refractivity contribution in [2.75, 3.05) is 0 Å². The van der Waals surface area contributed by atoms with E-state index in [9.17, 15) is 0 Å². The third kappa shape index (κ3) is 2.05. The molecule has 0 aliphatic heterocycles. The molecule has 3 heteroatoms. The second-order valence-corrected chi connectivity index (χ2v) is 1.88. The first-order valence-corrected chi connectivity index (χ1v) is 6.97. The van der Waals surface area contributed by atoms with Crippen molar-refractivity contribution in [3.8, 4) is 0 Å². The predicted molar refractivity (Wildman–Crippen MR) is 40.9 cm³/mol. The second-order valence-electron chi connectivity index (χ2n) is 1.88. The van der Waals surface area contributed by atoms with Gasteiger partial charge in [0, 0.05) is 11.8 Å². The van der Waals surface area contributed by atoms with Gasteiger partial charge in [-0.05, 0) is 0 Å². The van der Waals surface area contributed by atoms with Crippen molar-refractivity contribution in [2.45, 2.75) is 0 Å². The molecular formula is C8H5ClOZn. The van der Waals surface area contributed by atoms with E-state index in [1.807, 2.05) is 24.3 Å². The molecule has 0 fully saturated rings. The topological polar surface area (TPSA) is 13.1 Å². The second kappa shape index (κ2) is 4.53. The fraction of sp³-hybridized carbons (Fsp3) is 0. The van der Waals surface area contributed by atoms with E-state index in [1.165, 1.54) is 0 Å². The molecule has 2 rings (SSSR count). The first kappa shape index (κ1) is 8.77. The van der Waals surface area contributed by atoms with Crippen LogP contribution in [-0.2, 0) is 17.3 Å². The predicted octanol–water partition coefficient (Wildman–Crippen LogP) is 2.92. The van der Waals surface area contributed by atoms with Gasteiger partial charge in [0.1, 0.15) is 0 Å². The maximum Gasteiger partial charge on any atom is 0.0199 e. The summed E-state index contributed by atoms with van der Waals surface area (Å²) in [5.41, 5.74) is 0.900. The summed E-state index contributed by atoms with van der Waals surface area (Å²) < 4.78 is 5.06. The molecule has 2 aromatic rings. The van der Waals surface area contributed by atoms with Crippen LogP contribution in [0.3, 0.4) is 0 Å². The maximum atomic E-state index is 5.06. The zero-order valence-corrected chi connectivity index (χ0v) is 9.60. The molecule has 52 valence electrons. The van der Waals surface area contributed by atoms with E-state index >= 15 is 0 Å². The van der Waals surface area contributed by atoms with Gasteiger partial charge in [-0.15, -0.1) is 17.5 Å². The minimum Gasteiger partial charge on any atom is -0.536 e. The number of hydrogen-bond acceptors (Lipinski definition) is 1. The van der Waals surface area contributed by atoms with Crippen LogP contribution in [0.5, 0.6) is 0 Å². The molecular weight excluding hydrogens is 213 g/mol. The van der Waals surface area contributed by atoms with E-state index in [4.69, 9.17) is 14.1 Å². The van der Waals surface area contributed by atoms with Crippen LogP contribution in [0.25, 0.3) is 11.0 Å². The fourth-order valence-corrected chi connectivity index (χ4v) is 0.845. The van der Waals surface area contributed by atoms with Gasteiger partial charge >= 0.3 is 27.0 Å². The Balaban J connectivity index is 0.000000281. The van der Waals surface area contributed by atoms with E-state index < -0.39 is 0 Å². The van der Waals surface area contributed by atoms with E-state index in [0.29, 0.717) is 0 Å². The number of benzene rings is 1. The molecule has 0 unspecified atom stereocenters. The van der Waals surface area contributed by atoms with Gasteiger partial charge < -0.3 is 4.42 Å². The minimum absolute atomic E-state index is 0.847. The van der Waals surface area contributed by atoms with Crippen LogP contribution in [0, 0.1) is 6.07 Å². The molecule has 0 saturated heterocycles. The summed E-state index contributed by atoms with van der Waals surface area (Å²) in [7, 11) is 4.76. The standard InChI is InChI=1S/C8H5O.ClH.Zn/c1-2-4-8-7(3-1)5-6-9-8;;/h1-4,6H;1H;/q-1;;+2/p-1. The zero-order chi connectivity index (χ0) is 8.10. The Kier molecular flexibility index (Phi) is 3.61. The Labute approximate surface area is 79.1 Å². The summed E-state index contributed by atoms with van der Waals surface area (Å²) in [6.07, 6.45) is 1.57. The Bertz CT molecular complexity index is 288. The number of rotatable bonds is 0. The average Bonchev–Trinajstić information content (AvgIpc) is 2.55. The number of furan rings is 1. The number of hydrogen-bond donors (Lipinski definition) is 0. The first-order valence-electron chi connectivity index (χ1n) is 3.07. The summed E-state index contributed by atoms with van der Waals surface area (Å²) in [5, 5.41) is 1.04. The van der Waals surface area contributed by atoms with Gasteiger partial charge in [0.15, 0.2) is 0 Å². The van der Waals surface area contributed by atoms with Crippen LogP contribution in [0.1, 0.15) is 0 Å². The molecule has 0 atom stereocenters. The zero-order valence-electron chi connectivity index (χ0n) is 5.88. The molecule has 0 bridgehead atoms. The first-order chi connectivity index (χ1) is 5.47. The van der Waals surface area contributed by atoms with Crippen LogP contribution < -0.4 is 0 Å². The van der Waals surface area contributed by atoms with Gasteiger partial charge in [0.25, 0.3) is 0 Å². The van der Waals surface area contributed by atoms with Crippen molar-refractivity contribution in [2.24, 2.45) is 0 Å². The summed E-state index contributed by atoms with van der Waals surface area (Å²) >= 11 is 0.847.